The number of fused-ring (bicyclic) bond motifs is 1. The van der Waals surface area contributed by atoms with E-state index in [1.54, 1.807) is 6.92 Å². The van der Waals surface area contributed by atoms with Crippen LogP contribution in [0.3, 0.4) is 0 Å². The Labute approximate surface area is 179 Å². The summed E-state index contributed by atoms with van der Waals surface area (Å²) < 4.78 is 17.3. The molecular weight excluding hydrogens is 404 g/mol. The number of aromatic nitrogens is 2. The van der Waals surface area contributed by atoms with Crippen LogP contribution in [0.4, 0.5) is 0 Å². The first-order valence-electron chi connectivity index (χ1n) is 10.0. The SMILES string of the molecule is CCCOc1ccc(-c2csc3ncn(C(C)C(=O)OCCOCC)c(=O)c23)cc1. The van der Waals surface area contributed by atoms with Crippen molar-refractivity contribution in [1.82, 2.24) is 9.55 Å². The molecule has 0 aliphatic rings. The van der Waals surface area contributed by atoms with Crippen LogP contribution in [0.25, 0.3) is 21.3 Å². The molecule has 0 saturated heterocycles. The first-order valence-corrected chi connectivity index (χ1v) is 10.9. The van der Waals surface area contributed by atoms with Crippen molar-refractivity contribution in [3.05, 3.63) is 46.3 Å². The van der Waals surface area contributed by atoms with E-state index in [9.17, 15) is 9.59 Å². The molecule has 0 aliphatic carbocycles. The molecule has 1 aromatic carbocycles. The predicted molar refractivity (Wildman–Crippen MR) is 117 cm³/mol. The number of hydrogen-bond acceptors (Lipinski definition) is 7. The summed E-state index contributed by atoms with van der Waals surface area (Å²) >= 11 is 1.40. The molecule has 0 saturated carbocycles. The number of esters is 1. The van der Waals surface area contributed by atoms with Crippen molar-refractivity contribution in [2.24, 2.45) is 0 Å². The average Bonchev–Trinajstić information content (AvgIpc) is 3.20. The molecule has 3 rings (SSSR count). The minimum absolute atomic E-state index is 0.150. The summed E-state index contributed by atoms with van der Waals surface area (Å²) in [7, 11) is 0. The Kier molecular flexibility index (Phi) is 7.59. The summed E-state index contributed by atoms with van der Waals surface area (Å²) in [6, 6.07) is 6.85. The zero-order valence-corrected chi connectivity index (χ0v) is 18.2. The van der Waals surface area contributed by atoms with Crippen LogP contribution in [-0.4, -0.2) is 41.9 Å². The summed E-state index contributed by atoms with van der Waals surface area (Å²) in [5.41, 5.74) is 1.42. The highest BCUT2D eigenvalue weighted by Crippen LogP contribution is 2.32. The molecule has 8 heteroatoms. The van der Waals surface area contributed by atoms with E-state index in [1.807, 2.05) is 36.6 Å². The molecule has 0 amide bonds. The number of rotatable bonds is 10. The highest BCUT2D eigenvalue weighted by atomic mass is 32.1. The fraction of sp³-hybridized carbons (Fsp3) is 0.409. The second-order valence-corrected chi connectivity index (χ2v) is 7.56. The van der Waals surface area contributed by atoms with Crippen molar-refractivity contribution in [3.8, 4) is 16.9 Å². The molecule has 160 valence electrons. The number of carbonyl (C=O) groups excluding carboxylic acids is 1. The molecule has 0 spiro atoms. The summed E-state index contributed by atoms with van der Waals surface area (Å²) in [4.78, 5) is 30.5. The van der Waals surface area contributed by atoms with Gasteiger partial charge in [-0.25, -0.2) is 9.78 Å². The fourth-order valence-corrected chi connectivity index (χ4v) is 3.87. The van der Waals surface area contributed by atoms with Crippen molar-refractivity contribution in [3.63, 3.8) is 0 Å². The third-order valence-corrected chi connectivity index (χ3v) is 5.48. The summed E-state index contributed by atoms with van der Waals surface area (Å²) in [6.45, 7) is 7.25. The van der Waals surface area contributed by atoms with Crippen molar-refractivity contribution in [2.75, 3.05) is 26.4 Å². The molecule has 7 nitrogen and oxygen atoms in total. The quantitative estimate of drug-likeness (QED) is 0.357. The molecule has 0 fully saturated rings. The maximum Gasteiger partial charge on any atom is 0.329 e. The Morgan fingerprint density at radius 3 is 2.63 bits per heavy atom. The van der Waals surface area contributed by atoms with Gasteiger partial charge in [-0.15, -0.1) is 11.3 Å². The molecule has 2 heterocycles. The van der Waals surface area contributed by atoms with Gasteiger partial charge in [0.25, 0.3) is 5.56 Å². The first-order chi connectivity index (χ1) is 14.6. The van der Waals surface area contributed by atoms with Gasteiger partial charge < -0.3 is 14.2 Å². The van der Waals surface area contributed by atoms with Gasteiger partial charge in [0.1, 0.15) is 23.2 Å². The van der Waals surface area contributed by atoms with Crippen LogP contribution >= 0.6 is 11.3 Å². The maximum atomic E-state index is 13.2. The molecule has 0 aliphatic heterocycles. The van der Waals surface area contributed by atoms with E-state index in [0.717, 1.165) is 23.3 Å². The second-order valence-electron chi connectivity index (χ2n) is 6.70. The van der Waals surface area contributed by atoms with E-state index in [-0.39, 0.29) is 12.2 Å². The average molecular weight is 431 g/mol. The minimum Gasteiger partial charge on any atom is -0.494 e. The van der Waals surface area contributed by atoms with Gasteiger partial charge in [-0.1, -0.05) is 19.1 Å². The third kappa shape index (κ3) is 4.88. The number of nitrogens with zero attached hydrogens (tertiary/aromatic N) is 2. The Hall–Kier alpha value is -2.71. The Balaban J connectivity index is 1.87. The van der Waals surface area contributed by atoms with Gasteiger partial charge in [0.15, 0.2) is 0 Å². The van der Waals surface area contributed by atoms with Crippen molar-refractivity contribution in [2.45, 2.75) is 33.2 Å². The lowest BCUT2D eigenvalue weighted by Crippen LogP contribution is -2.30. The molecule has 0 bridgehead atoms. The molecule has 0 N–H and O–H groups in total. The lowest BCUT2D eigenvalue weighted by Gasteiger charge is -2.14. The van der Waals surface area contributed by atoms with Crippen molar-refractivity contribution >= 4 is 27.5 Å². The summed E-state index contributed by atoms with van der Waals surface area (Å²) in [6.07, 6.45) is 2.34. The number of carbonyl (C=O) groups is 1. The molecule has 30 heavy (non-hydrogen) atoms. The number of thiophene rings is 1. The molecule has 2 aromatic heterocycles. The van der Waals surface area contributed by atoms with Gasteiger partial charge in [0.05, 0.1) is 24.9 Å². The van der Waals surface area contributed by atoms with Crippen LogP contribution in [0.15, 0.2) is 40.8 Å². The van der Waals surface area contributed by atoms with Gasteiger partial charge in [-0.2, -0.15) is 0 Å². The molecule has 0 radical (unpaired) electrons. The van der Waals surface area contributed by atoms with E-state index >= 15 is 0 Å². The summed E-state index contributed by atoms with van der Waals surface area (Å²) in [5, 5.41) is 2.41. The van der Waals surface area contributed by atoms with Crippen LogP contribution < -0.4 is 10.3 Å². The fourth-order valence-electron chi connectivity index (χ4n) is 2.96. The second kappa shape index (κ2) is 10.4. The standard InChI is InChI=1S/C22H26N2O5S/c1-4-10-28-17-8-6-16(7-9-17)18-13-30-20-19(18)21(25)24(14-23-20)15(3)22(26)29-12-11-27-5-2/h6-9,13-15H,4-5,10-12H2,1-3H3. The number of ether oxygens (including phenoxy) is 3. The van der Waals surface area contributed by atoms with Gasteiger partial charge in [-0.05, 0) is 38.0 Å². The topological polar surface area (TPSA) is 79.7 Å². The largest absolute Gasteiger partial charge is 0.494 e. The normalized spacial score (nSPS) is 12.1. The number of hydrogen-bond donors (Lipinski definition) is 0. The smallest absolute Gasteiger partial charge is 0.329 e. The predicted octanol–water partition coefficient (Wildman–Crippen LogP) is 4.05. The lowest BCUT2D eigenvalue weighted by atomic mass is 10.1. The van der Waals surface area contributed by atoms with E-state index in [2.05, 4.69) is 11.9 Å². The Bertz CT molecular complexity index is 1040. The minimum atomic E-state index is -0.784. The Morgan fingerprint density at radius 2 is 1.93 bits per heavy atom. The first kappa shape index (κ1) is 22.0. The van der Waals surface area contributed by atoms with Crippen molar-refractivity contribution < 1.29 is 19.0 Å². The van der Waals surface area contributed by atoms with E-state index in [0.29, 0.717) is 30.0 Å². The molecular formula is C22H26N2O5S. The molecule has 3 aromatic rings. The van der Waals surface area contributed by atoms with E-state index in [1.165, 1.54) is 22.2 Å². The zero-order chi connectivity index (χ0) is 21.5. The monoisotopic (exact) mass is 430 g/mol. The van der Waals surface area contributed by atoms with Crippen LogP contribution in [0.2, 0.25) is 0 Å². The maximum absolute atomic E-state index is 13.2. The van der Waals surface area contributed by atoms with Gasteiger partial charge in [0.2, 0.25) is 0 Å². The summed E-state index contributed by atoms with van der Waals surface area (Å²) in [5.74, 6) is 0.297. The van der Waals surface area contributed by atoms with Crippen molar-refractivity contribution in [1.29, 1.82) is 0 Å². The van der Waals surface area contributed by atoms with Crippen LogP contribution in [-0.2, 0) is 14.3 Å². The Morgan fingerprint density at radius 1 is 1.17 bits per heavy atom. The van der Waals surface area contributed by atoms with E-state index in [4.69, 9.17) is 14.2 Å². The van der Waals surface area contributed by atoms with E-state index < -0.39 is 12.0 Å². The van der Waals surface area contributed by atoms with Crippen LogP contribution in [0.1, 0.15) is 33.2 Å². The van der Waals surface area contributed by atoms with Crippen LogP contribution in [0.5, 0.6) is 5.75 Å². The van der Waals surface area contributed by atoms with Gasteiger partial charge >= 0.3 is 5.97 Å². The van der Waals surface area contributed by atoms with Gasteiger partial charge in [0, 0.05) is 17.6 Å². The molecule has 1 unspecified atom stereocenters. The zero-order valence-electron chi connectivity index (χ0n) is 17.4. The van der Waals surface area contributed by atoms with Gasteiger partial charge in [-0.3, -0.25) is 9.36 Å². The van der Waals surface area contributed by atoms with Crippen LogP contribution in [0, 0.1) is 0 Å². The third-order valence-electron chi connectivity index (χ3n) is 4.59. The highest BCUT2D eigenvalue weighted by Gasteiger charge is 2.21. The molecule has 1 atom stereocenters. The lowest BCUT2D eigenvalue weighted by molar-refractivity contribution is -0.148. The number of benzene rings is 1. The highest BCUT2D eigenvalue weighted by molar-refractivity contribution is 7.17.